The fourth-order valence-electron chi connectivity index (χ4n) is 10.6. The zero-order valence-corrected chi connectivity index (χ0v) is 34.2. The van der Waals surface area contributed by atoms with Crippen LogP contribution in [0.15, 0.2) is 228 Å². The van der Waals surface area contributed by atoms with Gasteiger partial charge in [0.05, 0.1) is 16.6 Å². The lowest BCUT2D eigenvalue weighted by atomic mass is 9.70. The molecule has 2 aliphatic carbocycles. The van der Waals surface area contributed by atoms with E-state index in [1.807, 2.05) is 24.3 Å². The normalized spacial score (nSPS) is 15.3. The number of aliphatic imine (C=N–C) groups is 2. The topological polar surface area (TPSA) is 49.6 Å². The summed E-state index contributed by atoms with van der Waals surface area (Å²) in [5.41, 5.74) is 18.2. The lowest BCUT2D eigenvalue weighted by Gasteiger charge is -2.30. The Balaban J connectivity index is 1.06. The summed E-state index contributed by atoms with van der Waals surface area (Å²) in [5.74, 6) is 1.47. The lowest BCUT2D eigenvalue weighted by molar-refractivity contribution is 0.674. The van der Waals surface area contributed by atoms with Crippen LogP contribution in [0.5, 0.6) is 0 Å². The van der Waals surface area contributed by atoms with Crippen molar-refractivity contribution in [1.29, 1.82) is 0 Å². The molecule has 10 aromatic rings. The first-order valence-electron chi connectivity index (χ1n) is 21.6. The number of pyridine rings is 1. The van der Waals surface area contributed by atoms with E-state index in [4.69, 9.17) is 15.0 Å². The maximum atomic E-state index is 5.43. The molecule has 0 saturated carbocycles. The molecule has 0 saturated heterocycles. The van der Waals surface area contributed by atoms with Gasteiger partial charge in [-0.05, 0) is 96.9 Å². The molecule has 63 heavy (non-hydrogen) atoms. The molecule has 1 aliphatic heterocycles. The van der Waals surface area contributed by atoms with Crippen molar-refractivity contribution in [2.45, 2.75) is 11.6 Å². The molecular formula is C59H38N4. The molecule has 4 heteroatoms. The number of nitrogens with zero attached hydrogens (tertiary/aromatic N) is 3. The summed E-state index contributed by atoms with van der Waals surface area (Å²) < 4.78 is 0. The van der Waals surface area contributed by atoms with Gasteiger partial charge in [0.1, 0.15) is 12.0 Å². The SMILES string of the molecule is c1ccc(C2=NC(c3cc(-c4ccc5c(c4)C4(c6ccccc6-c6ccccc64)c4ccccc4-5)cc(-c4nc5ccccc5c5ccccc45)c3)NC(c3ccccc3)=N2)cc1. The fourth-order valence-corrected chi connectivity index (χ4v) is 10.6. The Kier molecular flexibility index (Phi) is 7.85. The average Bonchev–Trinajstić information content (AvgIpc) is 3.83. The summed E-state index contributed by atoms with van der Waals surface area (Å²) in [6.07, 6.45) is -0.433. The second-order valence-corrected chi connectivity index (χ2v) is 16.7. The van der Waals surface area contributed by atoms with Gasteiger partial charge >= 0.3 is 0 Å². The van der Waals surface area contributed by atoms with Gasteiger partial charge < -0.3 is 5.32 Å². The molecule has 4 nitrogen and oxygen atoms in total. The molecule has 1 N–H and O–H groups in total. The Labute approximate surface area is 365 Å². The minimum absolute atomic E-state index is 0.433. The third-order valence-corrected chi connectivity index (χ3v) is 13.3. The molecule has 13 rings (SSSR count). The third kappa shape index (κ3) is 5.38. The fraction of sp³-hybridized carbons (Fsp3) is 0.0339. The van der Waals surface area contributed by atoms with Crippen molar-refractivity contribution in [1.82, 2.24) is 10.3 Å². The van der Waals surface area contributed by atoms with E-state index in [-0.39, 0.29) is 0 Å². The second kappa shape index (κ2) is 13.9. The van der Waals surface area contributed by atoms with Crippen molar-refractivity contribution in [3.05, 3.63) is 257 Å². The molecule has 9 aromatic carbocycles. The number of benzene rings is 9. The highest BCUT2D eigenvalue weighted by Crippen LogP contribution is 2.63. The predicted octanol–water partition coefficient (Wildman–Crippen LogP) is 13.6. The minimum atomic E-state index is -0.452. The Morgan fingerprint density at radius 2 is 0.921 bits per heavy atom. The molecule has 1 atom stereocenters. The van der Waals surface area contributed by atoms with Crippen LogP contribution in [0.4, 0.5) is 0 Å². The van der Waals surface area contributed by atoms with Gasteiger partial charge in [0.15, 0.2) is 5.84 Å². The highest BCUT2D eigenvalue weighted by Gasteiger charge is 2.51. The number of amidine groups is 2. The van der Waals surface area contributed by atoms with E-state index in [9.17, 15) is 0 Å². The Hall–Kier alpha value is -8.21. The summed E-state index contributed by atoms with van der Waals surface area (Å²) in [4.78, 5) is 15.9. The smallest absolute Gasteiger partial charge is 0.159 e. The molecule has 294 valence electrons. The van der Waals surface area contributed by atoms with Crippen LogP contribution in [0.2, 0.25) is 0 Å². The summed E-state index contributed by atoms with van der Waals surface area (Å²) in [6, 6.07) is 78.8. The first-order chi connectivity index (χ1) is 31.2. The summed E-state index contributed by atoms with van der Waals surface area (Å²) in [6.45, 7) is 0. The second-order valence-electron chi connectivity index (χ2n) is 16.7. The number of hydrogen-bond acceptors (Lipinski definition) is 4. The van der Waals surface area contributed by atoms with Gasteiger partial charge in [-0.1, -0.05) is 188 Å². The first-order valence-corrected chi connectivity index (χ1v) is 21.6. The van der Waals surface area contributed by atoms with Gasteiger partial charge in [-0.15, -0.1) is 0 Å². The summed E-state index contributed by atoms with van der Waals surface area (Å²) in [5, 5.41) is 7.20. The molecule has 0 amide bonds. The first kappa shape index (κ1) is 35.5. The van der Waals surface area contributed by atoms with Crippen molar-refractivity contribution >= 4 is 33.3 Å². The Bertz CT molecular complexity index is 3490. The lowest BCUT2D eigenvalue weighted by Crippen LogP contribution is -2.33. The van der Waals surface area contributed by atoms with Gasteiger partial charge in [-0.25, -0.2) is 15.0 Å². The number of aromatic nitrogens is 1. The van der Waals surface area contributed by atoms with Gasteiger partial charge in [0.2, 0.25) is 0 Å². The molecular weight excluding hydrogens is 765 g/mol. The van der Waals surface area contributed by atoms with Crippen LogP contribution in [-0.2, 0) is 5.41 Å². The van der Waals surface area contributed by atoms with Crippen LogP contribution in [0.1, 0.15) is 45.1 Å². The van der Waals surface area contributed by atoms with Crippen LogP contribution in [0.25, 0.3) is 66.3 Å². The Morgan fingerprint density at radius 3 is 1.60 bits per heavy atom. The molecule has 1 spiro atoms. The van der Waals surface area contributed by atoms with Crippen molar-refractivity contribution in [2.24, 2.45) is 9.98 Å². The maximum absolute atomic E-state index is 5.43. The van der Waals surface area contributed by atoms with E-state index >= 15 is 0 Å². The van der Waals surface area contributed by atoms with Crippen LogP contribution in [-0.4, -0.2) is 16.7 Å². The van der Waals surface area contributed by atoms with E-state index in [1.165, 1.54) is 49.9 Å². The number of para-hydroxylation sites is 1. The summed E-state index contributed by atoms with van der Waals surface area (Å²) in [7, 11) is 0. The number of fused-ring (bicyclic) bond motifs is 13. The van der Waals surface area contributed by atoms with Gasteiger partial charge in [0, 0.05) is 27.5 Å². The number of hydrogen-bond donors (Lipinski definition) is 1. The summed E-state index contributed by atoms with van der Waals surface area (Å²) >= 11 is 0. The van der Waals surface area contributed by atoms with E-state index in [0.29, 0.717) is 5.84 Å². The maximum Gasteiger partial charge on any atom is 0.159 e. The zero-order chi connectivity index (χ0) is 41.5. The molecule has 0 fully saturated rings. The third-order valence-electron chi connectivity index (χ3n) is 13.3. The average molecular weight is 803 g/mol. The molecule has 1 aromatic heterocycles. The molecule has 0 bridgehead atoms. The van der Waals surface area contributed by atoms with Gasteiger partial charge in [0.25, 0.3) is 0 Å². The monoisotopic (exact) mass is 802 g/mol. The van der Waals surface area contributed by atoms with Crippen LogP contribution in [0.3, 0.4) is 0 Å². The van der Waals surface area contributed by atoms with E-state index in [2.05, 4.69) is 199 Å². The quantitative estimate of drug-likeness (QED) is 0.176. The van der Waals surface area contributed by atoms with Crippen molar-refractivity contribution in [3.8, 4) is 44.6 Å². The van der Waals surface area contributed by atoms with E-state index in [1.54, 1.807) is 0 Å². The largest absolute Gasteiger partial charge is 0.344 e. The van der Waals surface area contributed by atoms with Crippen molar-refractivity contribution < 1.29 is 0 Å². The molecule has 0 radical (unpaired) electrons. The van der Waals surface area contributed by atoms with Crippen LogP contribution >= 0.6 is 0 Å². The van der Waals surface area contributed by atoms with Gasteiger partial charge in [-0.3, -0.25) is 0 Å². The molecule has 3 aliphatic rings. The highest BCUT2D eigenvalue weighted by molar-refractivity contribution is 6.13. The highest BCUT2D eigenvalue weighted by atomic mass is 15.2. The van der Waals surface area contributed by atoms with E-state index in [0.717, 1.165) is 61.2 Å². The number of rotatable bonds is 5. The van der Waals surface area contributed by atoms with Crippen LogP contribution < -0.4 is 5.32 Å². The minimum Gasteiger partial charge on any atom is -0.344 e. The van der Waals surface area contributed by atoms with Gasteiger partial charge in [-0.2, -0.15) is 0 Å². The predicted molar refractivity (Wildman–Crippen MR) is 258 cm³/mol. The number of nitrogens with one attached hydrogen (secondary N) is 1. The van der Waals surface area contributed by atoms with E-state index < -0.39 is 11.6 Å². The molecule has 2 heterocycles. The Morgan fingerprint density at radius 1 is 0.381 bits per heavy atom. The molecule has 1 unspecified atom stereocenters. The zero-order valence-electron chi connectivity index (χ0n) is 34.2. The van der Waals surface area contributed by atoms with Crippen molar-refractivity contribution in [3.63, 3.8) is 0 Å². The van der Waals surface area contributed by atoms with Crippen LogP contribution in [0, 0.1) is 0 Å². The standard InChI is InChI=1S/C59H38N4/c1-3-17-37(18-4-1)56-61-57(38-19-5-2-6-20-38)63-58(62-56)42-34-40(33-41(35-42)55-49-26-8-7-21-43(49)48-25-12-16-30-54(48)60-55)39-31-32-47-46-24-11-15-29-52(46)59(53(47)36-39)50-27-13-9-22-44(50)45-23-10-14-28-51(45)59/h1-36,58H,(H,61,62,63). The van der Waals surface area contributed by atoms with Crippen molar-refractivity contribution in [2.75, 3.05) is 0 Å².